The molecular weight excluding hydrogens is 290 g/mol. The van der Waals surface area contributed by atoms with Gasteiger partial charge in [-0.3, -0.25) is 0 Å². The summed E-state index contributed by atoms with van der Waals surface area (Å²) in [5, 5.41) is 2.56. The Bertz CT molecular complexity index is 753. The summed E-state index contributed by atoms with van der Waals surface area (Å²) >= 11 is 0. The van der Waals surface area contributed by atoms with Gasteiger partial charge in [0.15, 0.2) is 0 Å². The number of epoxide rings is 1. The van der Waals surface area contributed by atoms with E-state index < -0.39 is 0 Å². The fraction of sp³-hybridized carbons (Fsp3) is 0.368. The molecule has 1 fully saturated rings. The second-order valence-corrected chi connectivity index (χ2v) is 6.01. The van der Waals surface area contributed by atoms with E-state index in [1.54, 1.807) is 7.11 Å². The Hall–Kier alpha value is -1.88. The van der Waals surface area contributed by atoms with E-state index in [0.717, 1.165) is 13.2 Å². The summed E-state index contributed by atoms with van der Waals surface area (Å²) in [5.41, 5.74) is 2.47. The van der Waals surface area contributed by atoms with Crippen molar-refractivity contribution in [3.8, 4) is 0 Å². The van der Waals surface area contributed by atoms with Crippen molar-refractivity contribution in [2.24, 2.45) is 0 Å². The molecule has 3 aromatic rings. The van der Waals surface area contributed by atoms with Gasteiger partial charge >= 0.3 is 0 Å². The smallest absolute Gasteiger partial charge is 0.104 e. The minimum atomic E-state index is 0.0170. The number of fused-ring (bicyclic) bond motifs is 3. The van der Waals surface area contributed by atoms with E-state index in [4.69, 9.17) is 14.2 Å². The normalized spacial score (nSPS) is 18.6. The van der Waals surface area contributed by atoms with Crippen LogP contribution >= 0.6 is 0 Å². The summed E-state index contributed by atoms with van der Waals surface area (Å²) in [6, 6.07) is 17.0. The highest BCUT2D eigenvalue weighted by molar-refractivity contribution is 6.07. The Morgan fingerprint density at radius 2 is 1.70 bits per heavy atom. The molecule has 0 saturated carbocycles. The maximum Gasteiger partial charge on any atom is 0.104 e. The Morgan fingerprint density at radius 3 is 2.26 bits per heavy atom. The first-order valence-corrected chi connectivity index (χ1v) is 8.05. The predicted molar refractivity (Wildman–Crippen MR) is 90.8 cm³/mol. The zero-order valence-corrected chi connectivity index (χ0v) is 13.3. The minimum absolute atomic E-state index is 0.0170. The van der Waals surface area contributed by atoms with Gasteiger partial charge in [0.1, 0.15) is 6.10 Å². The van der Waals surface area contributed by atoms with Crippen LogP contribution in [0.3, 0.4) is 0 Å². The number of methoxy groups -OCH3 is 1. The lowest BCUT2D eigenvalue weighted by atomic mass is 10.2. The number of para-hydroxylation sites is 2. The molecule has 4 rings (SSSR count). The van der Waals surface area contributed by atoms with Crippen LogP contribution in [0.1, 0.15) is 0 Å². The van der Waals surface area contributed by atoms with Gasteiger partial charge in [0.25, 0.3) is 0 Å². The molecule has 2 atom stereocenters. The van der Waals surface area contributed by atoms with Crippen LogP contribution in [0.15, 0.2) is 48.5 Å². The zero-order valence-electron chi connectivity index (χ0n) is 13.3. The van der Waals surface area contributed by atoms with Gasteiger partial charge in [-0.25, -0.2) is 0 Å². The Labute approximate surface area is 135 Å². The molecule has 1 aliphatic heterocycles. The highest BCUT2D eigenvalue weighted by atomic mass is 16.6. The highest BCUT2D eigenvalue weighted by Gasteiger charge is 2.25. The van der Waals surface area contributed by atoms with Crippen molar-refractivity contribution in [2.45, 2.75) is 18.8 Å². The molecule has 4 nitrogen and oxygen atoms in total. The molecule has 23 heavy (non-hydrogen) atoms. The summed E-state index contributed by atoms with van der Waals surface area (Å²) in [5.74, 6) is 0. The first-order valence-electron chi connectivity index (χ1n) is 8.05. The van der Waals surface area contributed by atoms with Gasteiger partial charge in [-0.2, -0.15) is 0 Å². The molecule has 0 bridgehead atoms. The summed E-state index contributed by atoms with van der Waals surface area (Å²) in [7, 11) is 1.72. The van der Waals surface area contributed by atoms with E-state index in [1.165, 1.54) is 21.8 Å². The third kappa shape index (κ3) is 2.98. The molecule has 120 valence electrons. The Balaban J connectivity index is 1.69. The van der Waals surface area contributed by atoms with E-state index in [1.807, 2.05) is 0 Å². The maximum absolute atomic E-state index is 6.01. The lowest BCUT2D eigenvalue weighted by Crippen LogP contribution is -2.26. The van der Waals surface area contributed by atoms with Crippen molar-refractivity contribution in [2.75, 3.05) is 26.9 Å². The van der Waals surface area contributed by atoms with Crippen LogP contribution in [-0.4, -0.2) is 43.7 Å². The van der Waals surface area contributed by atoms with E-state index in [0.29, 0.717) is 13.2 Å². The second kappa shape index (κ2) is 6.32. The summed E-state index contributed by atoms with van der Waals surface area (Å²) < 4.78 is 18.9. The third-order valence-corrected chi connectivity index (χ3v) is 4.34. The topological polar surface area (TPSA) is 35.9 Å². The third-order valence-electron chi connectivity index (χ3n) is 4.34. The van der Waals surface area contributed by atoms with Crippen LogP contribution in [-0.2, 0) is 20.8 Å². The number of rotatable bonds is 7. The highest BCUT2D eigenvalue weighted by Crippen LogP contribution is 2.29. The molecule has 2 heterocycles. The SMILES string of the molecule is COCC(Cn1c2ccccc2c2ccccc21)OCC1CO1. The van der Waals surface area contributed by atoms with Crippen LogP contribution in [0.25, 0.3) is 21.8 Å². The van der Waals surface area contributed by atoms with Crippen molar-refractivity contribution in [3.63, 3.8) is 0 Å². The lowest BCUT2D eigenvalue weighted by molar-refractivity contribution is -0.0153. The van der Waals surface area contributed by atoms with E-state index in [9.17, 15) is 0 Å². The average Bonchev–Trinajstić information content (AvgIpc) is 3.37. The molecule has 0 N–H and O–H groups in total. The summed E-state index contributed by atoms with van der Waals surface area (Å²) in [6.07, 6.45) is 0.288. The van der Waals surface area contributed by atoms with Crippen LogP contribution in [0.5, 0.6) is 0 Å². The van der Waals surface area contributed by atoms with Gasteiger partial charge in [-0.1, -0.05) is 36.4 Å². The van der Waals surface area contributed by atoms with Gasteiger partial charge in [0.05, 0.1) is 32.5 Å². The Kier molecular flexibility index (Phi) is 4.04. The fourth-order valence-electron chi connectivity index (χ4n) is 3.15. The number of ether oxygens (including phenoxy) is 3. The minimum Gasteiger partial charge on any atom is -0.382 e. The van der Waals surface area contributed by atoms with Crippen LogP contribution in [0, 0.1) is 0 Å². The standard InChI is InChI=1S/C19H21NO3/c1-21-11-14(22-12-15-13-23-15)10-20-18-8-4-2-6-16(18)17-7-3-5-9-19(17)20/h2-9,14-15H,10-13H2,1H3. The number of aromatic nitrogens is 1. The molecule has 1 saturated heterocycles. The van der Waals surface area contributed by atoms with Crippen LogP contribution < -0.4 is 0 Å². The number of hydrogen-bond donors (Lipinski definition) is 0. The quantitative estimate of drug-likeness (QED) is 0.629. The Morgan fingerprint density at radius 1 is 1.09 bits per heavy atom. The lowest BCUT2D eigenvalue weighted by Gasteiger charge is -2.19. The molecule has 0 radical (unpaired) electrons. The second-order valence-electron chi connectivity index (χ2n) is 6.01. The molecule has 0 spiro atoms. The molecule has 2 aromatic carbocycles. The first-order chi connectivity index (χ1) is 11.4. The van der Waals surface area contributed by atoms with Crippen LogP contribution in [0.2, 0.25) is 0 Å². The van der Waals surface area contributed by atoms with Gasteiger partial charge in [-0.15, -0.1) is 0 Å². The largest absolute Gasteiger partial charge is 0.382 e. The van der Waals surface area contributed by atoms with Crippen molar-refractivity contribution < 1.29 is 14.2 Å². The van der Waals surface area contributed by atoms with Gasteiger partial charge < -0.3 is 18.8 Å². The van der Waals surface area contributed by atoms with Gasteiger partial charge in [0, 0.05) is 28.9 Å². The number of benzene rings is 2. The molecule has 4 heteroatoms. The van der Waals surface area contributed by atoms with Gasteiger partial charge in [-0.05, 0) is 12.1 Å². The molecule has 0 aliphatic carbocycles. The molecular formula is C19H21NO3. The van der Waals surface area contributed by atoms with E-state index in [-0.39, 0.29) is 12.2 Å². The van der Waals surface area contributed by atoms with Crippen molar-refractivity contribution >= 4 is 21.8 Å². The molecule has 1 aromatic heterocycles. The fourth-order valence-corrected chi connectivity index (χ4v) is 3.15. The predicted octanol–water partition coefficient (Wildman–Crippen LogP) is 3.22. The number of hydrogen-bond acceptors (Lipinski definition) is 3. The molecule has 1 aliphatic rings. The summed E-state index contributed by atoms with van der Waals surface area (Å²) in [6.45, 7) is 2.81. The monoisotopic (exact) mass is 311 g/mol. The maximum atomic E-state index is 6.01. The number of nitrogens with zero attached hydrogens (tertiary/aromatic N) is 1. The summed E-state index contributed by atoms with van der Waals surface area (Å²) in [4.78, 5) is 0. The zero-order chi connectivity index (χ0) is 15.6. The van der Waals surface area contributed by atoms with E-state index >= 15 is 0 Å². The van der Waals surface area contributed by atoms with Gasteiger partial charge in [0.2, 0.25) is 0 Å². The average molecular weight is 311 g/mol. The molecule has 2 unspecified atom stereocenters. The molecule has 0 amide bonds. The van der Waals surface area contributed by atoms with Crippen molar-refractivity contribution in [3.05, 3.63) is 48.5 Å². The first kappa shape index (κ1) is 14.7. The van der Waals surface area contributed by atoms with Crippen LogP contribution in [0.4, 0.5) is 0 Å². The van der Waals surface area contributed by atoms with E-state index in [2.05, 4.69) is 53.1 Å². The van der Waals surface area contributed by atoms with Crippen molar-refractivity contribution in [1.29, 1.82) is 0 Å². The van der Waals surface area contributed by atoms with Crippen molar-refractivity contribution in [1.82, 2.24) is 4.57 Å².